The Balaban J connectivity index is 2.25. The number of hydrogen-bond donors (Lipinski definition) is 0. The van der Waals surface area contributed by atoms with Crippen molar-refractivity contribution >= 4 is 5.97 Å². The van der Waals surface area contributed by atoms with Gasteiger partial charge in [0.05, 0.1) is 12.2 Å². The van der Waals surface area contributed by atoms with E-state index < -0.39 is 0 Å². The fourth-order valence-corrected chi connectivity index (χ4v) is 2.94. The van der Waals surface area contributed by atoms with Crippen LogP contribution in [0.25, 0.3) is 0 Å². The van der Waals surface area contributed by atoms with Gasteiger partial charge >= 0.3 is 5.97 Å². The molecule has 3 heteroatoms. The Kier molecular flexibility index (Phi) is 10.6. The van der Waals surface area contributed by atoms with E-state index in [1.54, 1.807) is 0 Å². The van der Waals surface area contributed by atoms with E-state index in [-0.39, 0.29) is 11.6 Å². The molecule has 0 bridgehead atoms. The van der Waals surface area contributed by atoms with Crippen molar-refractivity contribution in [3.8, 4) is 0 Å². The van der Waals surface area contributed by atoms with Crippen LogP contribution in [0.1, 0.15) is 97.3 Å². The van der Waals surface area contributed by atoms with Crippen molar-refractivity contribution in [1.82, 2.24) is 0 Å². The first kappa shape index (κ1) is 19.5. The maximum absolute atomic E-state index is 11.6. The van der Waals surface area contributed by atoms with E-state index in [2.05, 4.69) is 13.8 Å². The summed E-state index contributed by atoms with van der Waals surface area (Å²) >= 11 is 0. The summed E-state index contributed by atoms with van der Waals surface area (Å²) in [6.07, 6.45) is 14.6. The van der Waals surface area contributed by atoms with E-state index in [4.69, 9.17) is 9.47 Å². The molecule has 1 rings (SSSR count). The number of carbonyl (C=O) groups excluding carboxylic acids is 1. The van der Waals surface area contributed by atoms with Crippen molar-refractivity contribution in [1.29, 1.82) is 0 Å². The second-order valence-corrected chi connectivity index (χ2v) is 7.22. The van der Waals surface area contributed by atoms with Crippen LogP contribution in [0.3, 0.4) is 0 Å². The lowest BCUT2D eigenvalue weighted by molar-refractivity contribution is -0.143. The highest BCUT2D eigenvalue weighted by molar-refractivity contribution is 5.69. The highest BCUT2D eigenvalue weighted by Gasteiger charge is 2.17. The predicted molar refractivity (Wildman–Crippen MR) is 91.0 cm³/mol. The van der Waals surface area contributed by atoms with Crippen LogP contribution in [-0.2, 0) is 14.3 Å². The third kappa shape index (κ3) is 11.1. The summed E-state index contributed by atoms with van der Waals surface area (Å²) in [4.78, 5) is 11.6. The molecule has 22 heavy (non-hydrogen) atoms. The summed E-state index contributed by atoms with van der Waals surface area (Å²) in [6, 6.07) is 0. The molecule has 0 N–H and O–H groups in total. The number of esters is 1. The minimum atomic E-state index is -0.00642. The van der Waals surface area contributed by atoms with Crippen LogP contribution in [-0.4, -0.2) is 24.8 Å². The van der Waals surface area contributed by atoms with Gasteiger partial charge in [-0.3, -0.25) is 4.79 Å². The van der Waals surface area contributed by atoms with Crippen LogP contribution in [0.2, 0.25) is 0 Å². The molecule has 0 radical (unpaired) electrons. The van der Waals surface area contributed by atoms with Gasteiger partial charge in [-0.1, -0.05) is 51.4 Å². The fourth-order valence-electron chi connectivity index (χ4n) is 2.94. The summed E-state index contributed by atoms with van der Waals surface area (Å²) in [5.74, 6) is -0.00642. The molecule has 0 aromatic carbocycles. The summed E-state index contributed by atoms with van der Waals surface area (Å²) in [5.41, 5.74) is 0.0309. The normalized spacial score (nSPS) is 24.5. The summed E-state index contributed by atoms with van der Waals surface area (Å²) < 4.78 is 11.3. The standard InChI is InChI=1S/C19H36O3/c1-19(2)15-11-7-4-3-6-10-14-18(20)21-16-12-8-5-9-13-17-22-19/h3-17H2,1-2H3. The molecular weight excluding hydrogens is 276 g/mol. The van der Waals surface area contributed by atoms with Crippen LogP contribution in [0.15, 0.2) is 0 Å². The van der Waals surface area contributed by atoms with Gasteiger partial charge in [0, 0.05) is 13.0 Å². The summed E-state index contributed by atoms with van der Waals surface area (Å²) in [6.45, 7) is 5.92. The lowest BCUT2D eigenvalue weighted by atomic mass is 9.99. The Morgan fingerprint density at radius 1 is 0.727 bits per heavy atom. The van der Waals surface area contributed by atoms with E-state index in [9.17, 15) is 4.79 Å². The molecule has 1 heterocycles. The van der Waals surface area contributed by atoms with Crippen molar-refractivity contribution in [2.45, 2.75) is 103 Å². The molecule has 0 spiro atoms. The van der Waals surface area contributed by atoms with Gasteiger partial charge < -0.3 is 9.47 Å². The second-order valence-electron chi connectivity index (χ2n) is 7.22. The third-order valence-corrected chi connectivity index (χ3v) is 4.45. The van der Waals surface area contributed by atoms with E-state index in [0.717, 1.165) is 45.1 Å². The van der Waals surface area contributed by atoms with Crippen molar-refractivity contribution in [2.24, 2.45) is 0 Å². The largest absolute Gasteiger partial charge is 0.466 e. The molecule has 0 saturated carbocycles. The number of carbonyl (C=O) groups is 1. The Hall–Kier alpha value is -0.570. The first-order valence-corrected chi connectivity index (χ1v) is 9.40. The molecule has 1 fully saturated rings. The molecule has 0 amide bonds. The topological polar surface area (TPSA) is 35.5 Å². The first-order chi connectivity index (χ1) is 10.6. The highest BCUT2D eigenvalue weighted by Crippen LogP contribution is 2.20. The maximum Gasteiger partial charge on any atom is 0.305 e. The van der Waals surface area contributed by atoms with Gasteiger partial charge in [0.1, 0.15) is 0 Å². The van der Waals surface area contributed by atoms with Crippen molar-refractivity contribution in [3.63, 3.8) is 0 Å². The van der Waals surface area contributed by atoms with E-state index >= 15 is 0 Å². The lowest BCUT2D eigenvalue weighted by Crippen LogP contribution is -2.24. The quantitative estimate of drug-likeness (QED) is 0.561. The zero-order valence-corrected chi connectivity index (χ0v) is 14.8. The molecule has 1 aliphatic rings. The van der Waals surface area contributed by atoms with Crippen LogP contribution >= 0.6 is 0 Å². The molecule has 1 saturated heterocycles. The van der Waals surface area contributed by atoms with Crippen LogP contribution in [0, 0.1) is 0 Å². The van der Waals surface area contributed by atoms with E-state index in [0.29, 0.717) is 13.0 Å². The van der Waals surface area contributed by atoms with Crippen LogP contribution < -0.4 is 0 Å². The minimum absolute atomic E-state index is 0.00642. The van der Waals surface area contributed by atoms with Crippen molar-refractivity contribution < 1.29 is 14.3 Å². The zero-order chi connectivity index (χ0) is 16.1. The van der Waals surface area contributed by atoms with Gasteiger partial charge in [-0.25, -0.2) is 0 Å². The molecule has 3 nitrogen and oxygen atoms in total. The summed E-state index contributed by atoms with van der Waals surface area (Å²) in [7, 11) is 0. The Bertz CT molecular complexity index is 286. The number of cyclic esters (lactones) is 1. The maximum atomic E-state index is 11.6. The number of hydrogen-bond acceptors (Lipinski definition) is 3. The molecular formula is C19H36O3. The Morgan fingerprint density at radius 3 is 2.00 bits per heavy atom. The van der Waals surface area contributed by atoms with Gasteiger partial charge in [0.2, 0.25) is 0 Å². The van der Waals surface area contributed by atoms with Crippen molar-refractivity contribution in [2.75, 3.05) is 13.2 Å². The minimum Gasteiger partial charge on any atom is -0.466 e. The van der Waals surface area contributed by atoms with E-state index in [1.807, 2.05) is 0 Å². The van der Waals surface area contributed by atoms with Gasteiger partial charge in [0.25, 0.3) is 0 Å². The Morgan fingerprint density at radius 2 is 1.27 bits per heavy atom. The molecule has 0 aromatic rings. The van der Waals surface area contributed by atoms with Gasteiger partial charge in [-0.15, -0.1) is 0 Å². The molecule has 130 valence electrons. The van der Waals surface area contributed by atoms with Gasteiger partial charge in [0.15, 0.2) is 0 Å². The SMILES string of the molecule is CC1(C)CCCCCCCCC(=O)OCCCCCCCO1. The molecule has 0 aliphatic carbocycles. The van der Waals surface area contributed by atoms with E-state index in [1.165, 1.54) is 38.5 Å². The third-order valence-electron chi connectivity index (χ3n) is 4.45. The average molecular weight is 312 g/mol. The van der Waals surface area contributed by atoms with Crippen molar-refractivity contribution in [3.05, 3.63) is 0 Å². The second kappa shape index (κ2) is 11.9. The summed E-state index contributed by atoms with van der Waals surface area (Å²) in [5, 5.41) is 0. The zero-order valence-electron chi connectivity index (χ0n) is 14.8. The van der Waals surface area contributed by atoms with Crippen LogP contribution in [0.4, 0.5) is 0 Å². The molecule has 0 unspecified atom stereocenters. The monoisotopic (exact) mass is 312 g/mol. The molecule has 0 atom stereocenters. The predicted octanol–water partition coefficient (Wildman–Crippen LogP) is 5.41. The van der Waals surface area contributed by atoms with Crippen LogP contribution in [0.5, 0.6) is 0 Å². The number of ether oxygens (including phenoxy) is 2. The van der Waals surface area contributed by atoms with Gasteiger partial charge in [-0.05, 0) is 39.5 Å². The number of rotatable bonds is 0. The first-order valence-electron chi connectivity index (χ1n) is 9.40. The van der Waals surface area contributed by atoms with Gasteiger partial charge in [-0.2, -0.15) is 0 Å². The average Bonchev–Trinajstić information content (AvgIpc) is 2.47. The smallest absolute Gasteiger partial charge is 0.305 e. The Labute approximate surface area is 137 Å². The fraction of sp³-hybridized carbons (Fsp3) is 0.947. The highest BCUT2D eigenvalue weighted by atomic mass is 16.5. The molecule has 0 aromatic heterocycles. The molecule has 1 aliphatic heterocycles. The lowest BCUT2D eigenvalue weighted by Gasteiger charge is -2.25.